The Hall–Kier alpha value is -3.76. The molecule has 2 aromatic carbocycles. The molecule has 0 spiro atoms. The SMILES string of the molecule is C.C=C(C)C(=O)OCC(F)(F)C(F)(F)C(F)(F)COc1ccc2cc(-c3ccccc3)c(=O)oc2c1. The summed E-state index contributed by atoms with van der Waals surface area (Å²) in [5.74, 6) is -18.6. The fraction of sp³-hybridized carbons (Fsp3) is 0.280. The number of fused-ring (bicyclic) bond motifs is 1. The van der Waals surface area contributed by atoms with Crippen molar-refractivity contribution in [2.45, 2.75) is 32.1 Å². The van der Waals surface area contributed by atoms with Crippen LogP contribution in [0.2, 0.25) is 0 Å². The number of esters is 1. The maximum Gasteiger partial charge on any atom is 0.378 e. The molecular weight excluding hydrogens is 494 g/mol. The van der Waals surface area contributed by atoms with E-state index in [4.69, 9.17) is 4.42 Å². The molecule has 0 aliphatic rings. The van der Waals surface area contributed by atoms with Crippen LogP contribution in [0.3, 0.4) is 0 Å². The van der Waals surface area contributed by atoms with Gasteiger partial charge in [-0.1, -0.05) is 44.3 Å². The van der Waals surface area contributed by atoms with Crippen molar-refractivity contribution in [3.63, 3.8) is 0 Å². The summed E-state index contributed by atoms with van der Waals surface area (Å²) in [6.07, 6.45) is 0. The first-order chi connectivity index (χ1) is 16.2. The van der Waals surface area contributed by atoms with E-state index in [1.165, 1.54) is 12.1 Å². The van der Waals surface area contributed by atoms with E-state index >= 15 is 0 Å². The number of carbonyl (C=O) groups is 1. The van der Waals surface area contributed by atoms with Crippen LogP contribution in [0.1, 0.15) is 14.4 Å². The zero-order valence-electron chi connectivity index (χ0n) is 18.1. The summed E-state index contributed by atoms with van der Waals surface area (Å²) in [6, 6.07) is 13.4. The normalized spacial score (nSPS) is 12.1. The molecule has 0 bridgehead atoms. The minimum Gasteiger partial charge on any atom is -0.487 e. The van der Waals surface area contributed by atoms with Crippen LogP contribution in [-0.4, -0.2) is 37.0 Å². The number of benzene rings is 2. The molecule has 1 aromatic heterocycles. The molecule has 0 aliphatic carbocycles. The molecule has 0 fully saturated rings. The maximum atomic E-state index is 14.1. The summed E-state index contributed by atoms with van der Waals surface area (Å²) in [7, 11) is 0. The summed E-state index contributed by atoms with van der Waals surface area (Å²) >= 11 is 0. The van der Waals surface area contributed by atoms with Crippen molar-refractivity contribution in [2.24, 2.45) is 0 Å². The third-order valence-electron chi connectivity index (χ3n) is 4.86. The zero-order valence-corrected chi connectivity index (χ0v) is 18.1. The van der Waals surface area contributed by atoms with Gasteiger partial charge in [0.05, 0.1) is 5.56 Å². The quantitative estimate of drug-likeness (QED) is 0.141. The van der Waals surface area contributed by atoms with Crippen molar-refractivity contribution in [1.29, 1.82) is 0 Å². The van der Waals surface area contributed by atoms with E-state index in [1.807, 2.05) is 0 Å². The molecule has 194 valence electrons. The Morgan fingerprint density at radius 3 is 2.17 bits per heavy atom. The lowest BCUT2D eigenvalue weighted by Gasteiger charge is -2.32. The van der Waals surface area contributed by atoms with Crippen LogP contribution in [0, 0.1) is 0 Å². The molecule has 3 rings (SSSR count). The fourth-order valence-corrected chi connectivity index (χ4v) is 2.90. The van der Waals surface area contributed by atoms with Gasteiger partial charge in [-0.2, -0.15) is 26.3 Å². The smallest absolute Gasteiger partial charge is 0.378 e. The lowest BCUT2D eigenvalue weighted by molar-refractivity contribution is -0.322. The molecule has 5 nitrogen and oxygen atoms in total. The van der Waals surface area contributed by atoms with Gasteiger partial charge in [0.1, 0.15) is 11.3 Å². The standard InChI is InChI=1S/C24H18F6O5.CH4/c1-14(2)20(31)34-13-23(27,28)24(29,30)22(25,26)12-33-17-9-8-16-10-18(15-6-4-3-5-7-15)21(32)35-19(16)11-17;/h3-11H,1,12-13H2,2H3;1H4. The van der Waals surface area contributed by atoms with Crippen molar-refractivity contribution in [1.82, 2.24) is 0 Å². The highest BCUT2D eigenvalue weighted by Gasteiger charge is 2.72. The minimum absolute atomic E-state index is 0. The van der Waals surface area contributed by atoms with Crippen molar-refractivity contribution in [3.05, 3.63) is 77.2 Å². The molecule has 0 unspecified atom stereocenters. The van der Waals surface area contributed by atoms with Crippen LogP contribution in [0.4, 0.5) is 26.3 Å². The van der Waals surface area contributed by atoms with E-state index in [0.717, 1.165) is 19.1 Å². The second-order valence-corrected chi connectivity index (χ2v) is 7.64. The monoisotopic (exact) mass is 516 g/mol. The Bertz CT molecular complexity index is 1300. The van der Waals surface area contributed by atoms with E-state index in [2.05, 4.69) is 16.1 Å². The number of carbonyl (C=O) groups excluding carboxylic acids is 1. The van der Waals surface area contributed by atoms with Crippen molar-refractivity contribution < 1.29 is 45.0 Å². The van der Waals surface area contributed by atoms with E-state index in [1.54, 1.807) is 30.3 Å². The highest BCUT2D eigenvalue weighted by Crippen LogP contribution is 2.46. The molecule has 0 aliphatic heterocycles. The molecule has 0 amide bonds. The Balaban J connectivity index is 0.00000456. The molecule has 0 atom stereocenters. The predicted octanol–water partition coefficient (Wildman–Crippen LogP) is 6.50. The highest BCUT2D eigenvalue weighted by atomic mass is 19.3. The summed E-state index contributed by atoms with van der Waals surface area (Å²) in [6.45, 7) is -0.283. The Morgan fingerprint density at radius 2 is 1.56 bits per heavy atom. The largest absolute Gasteiger partial charge is 0.487 e. The maximum absolute atomic E-state index is 14.1. The number of alkyl halides is 6. The van der Waals surface area contributed by atoms with Gasteiger partial charge in [0.25, 0.3) is 0 Å². The predicted molar refractivity (Wildman–Crippen MR) is 121 cm³/mol. The summed E-state index contributed by atoms with van der Waals surface area (Å²) < 4.78 is 97.6. The molecule has 0 N–H and O–H groups in total. The van der Waals surface area contributed by atoms with Gasteiger partial charge in [-0.15, -0.1) is 0 Å². The fourth-order valence-electron chi connectivity index (χ4n) is 2.90. The highest BCUT2D eigenvalue weighted by molar-refractivity contribution is 5.87. The average Bonchev–Trinajstić information content (AvgIpc) is 2.81. The van der Waals surface area contributed by atoms with Gasteiger partial charge in [-0.05, 0) is 30.7 Å². The summed E-state index contributed by atoms with van der Waals surface area (Å²) in [5, 5.41) is 0.374. The Morgan fingerprint density at radius 1 is 0.944 bits per heavy atom. The van der Waals surface area contributed by atoms with E-state index < -0.39 is 48.3 Å². The van der Waals surface area contributed by atoms with Crippen molar-refractivity contribution in [3.8, 4) is 16.9 Å². The van der Waals surface area contributed by atoms with Gasteiger partial charge in [0.2, 0.25) is 0 Å². The van der Waals surface area contributed by atoms with E-state index in [0.29, 0.717) is 10.9 Å². The van der Waals surface area contributed by atoms with Crippen LogP contribution in [-0.2, 0) is 9.53 Å². The van der Waals surface area contributed by atoms with Gasteiger partial charge in [0.15, 0.2) is 13.2 Å². The van der Waals surface area contributed by atoms with E-state index in [9.17, 15) is 35.9 Å². The van der Waals surface area contributed by atoms with Crippen LogP contribution in [0.5, 0.6) is 5.75 Å². The third-order valence-corrected chi connectivity index (χ3v) is 4.86. The number of halogens is 6. The van der Waals surface area contributed by atoms with E-state index in [-0.39, 0.29) is 24.1 Å². The lowest BCUT2D eigenvalue weighted by atomic mass is 10.1. The summed E-state index contributed by atoms with van der Waals surface area (Å²) in [4.78, 5) is 23.5. The van der Waals surface area contributed by atoms with Gasteiger partial charge < -0.3 is 13.9 Å². The van der Waals surface area contributed by atoms with Gasteiger partial charge in [0, 0.05) is 17.0 Å². The third kappa shape index (κ3) is 5.72. The molecule has 1 heterocycles. The van der Waals surface area contributed by atoms with Gasteiger partial charge in [-0.3, -0.25) is 0 Å². The van der Waals surface area contributed by atoms with Gasteiger partial charge in [-0.25, -0.2) is 9.59 Å². The van der Waals surface area contributed by atoms with Gasteiger partial charge >= 0.3 is 29.4 Å². The number of rotatable bonds is 9. The number of hydrogen-bond acceptors (Lipinski definition) is 5. The first-order valence-electron chi connectivity index (χ1n) is 9.97. The molecule has 0 saturated carbocycles. The van der Waals surface area contributed by atoms with Crippen LogP contribution >= 0.6 is 0 Å². The Labute approximate surface area is 201 Å². The minimum atomic E-state index is -5.93. The zero-order chi connectivity index (χ0) is 26.0. The average molecular weight is 516 g/mol. The topological polar surface area (TPSA) is 65.7 Å². The van der Waals surface area contributed by atoms with Crippen molar-refractivity contribution >= 4 is 16.9 Å². The number of hydrogen-bond donors (Lipinski definition) is 0. The summed E-state index contributed by atoms with van der Waals surface area (Å²) in [5.41, 5.74) is -0.424. The molecule has 3 aromatic rings. The van der Waals surface area contributed by atoms with Crippen LogP contribution < -0.4 is 10.4 Å². The Kier molecular flexibility index (Phi) is 8.28. The lowest BCUT2D eigenvalue weighted by Crippen LogP contribution is -2.58. The first-order valence-corrected chi connectivity index (χ1v) is 9.97. The van der Waals surface area contributed by atoms with Crippen LogP contribution in [0.25, 0.3) is 22.1 Å². The first kappa shape index (κ1) is 28.5. The molecular formula is C25H22F6O5. The number of ether oxygens (including phenoxy) is 2. The van der Waals surface area contributed by atoms with Crippen LogP contribution in [0.15, 0.2) is 76.0 Å². The van der Waals surface area contributed by atoms with Crippen molar-refractivity contribution in [2.75, 3.05) is 13.2 Å². The molecule has 36 heavy (non-hydrogen) atoms. The second kappa shape index (κ2) is 10.5. The molecule has 0 radical (unpaired) electrons. The molecule has 11 heteroatoms. The molecule has 0 saturated heterocycles. The second-order valence-electron chi connectivity index (χ2n) is 7.64.